The first-order valence-corrected chi connectivity index (χ1v) is 8.33. The molecule has 1 amide bonds. The summed E-state index contributed by atoms with van der Waals surface area (Å²) in [6.45, 7) is 0. The molecule has 5 heteroatoms. The maximum atomic E-state index is 12.8. The van der Waals surface area contributed by atoms with Crippen LogP contribution >= 0.6 is 27.3 Å². The number of nitrogens with zero attached hydrogens (tertiary/aromatic N) is 1. The molecule has 1 unspecified atom stereocenters. The highest BCUT2D eigenvalue weighted by Crippen LogP contribution is 2.42. The van der Waals surface area contributed by atoms with Gasteiger partial charge < -0.3 is 10.2 Å². The van der Waals surface area contributed by atoms with E-state index in [0.29, 0.717) is 6.04 Å². The van der Waals surface area contributed by atoms with Gasteiger partial charge in [-0.1, -0.05) is 12.1 Å². The number of benzene rings is 1. The van der Waals surface area contributed by atoms with Gasteiger partial charge in [-0.05, 0) is 47.0 Å². The van der Waals surface area contributed by atoms with Crippen LogP contribution < -0.4 is 5.32 Å². The predicted molar refractivity (Wildman–Crippen MR) is 84.0 cm³/mol. The van der Waals surface area contributed by atoms with E-state index in [1.807, 2.05) is 29.2 Å². The molecule has 2 heterocycles. The summed E-state index contributed by atoms with van der Waals surface area (Å²) < 4.78 is 1.07. The van der Waals surface area contributed by atoms with E-state index in [1.165, 1.54) is 4.88 Å². The number of para-hydroxylation sites is 1. The number of amides is 1. The molecule has 1 aliphatic heterocycles. The monoisotopic (exact) mass is 348 g/mol. The third-order valence-corrected chi connectivity index (χ3v) is 5.51. The average Bonchev–Trinajstić information content (AvgIpc) is 3.20. The molecule has 0 spiro atoms. The highest BCUT2D eigenvalue weighted by Gasteiger charge is 2.42. The summed E-state index contributed by atoms with van der Waals surface area (Å²) in [7, 11) is 0. The summed E-state index contributed by atoms with van der Waals surface area (Å²) in [6, 6.07) is 10.3. The van der Waals surface area contributed by atoms with Gasteiger partial charge in [-0.15, -0.1) is 11.3 Å². The number of carbonyl (C=O) groups is 1. The minimum absolute atomic E-state index is 0.0406. The van der Waals surface area contributed by atoms with Crippen LogP contribution in [0.3, 0.4) is 0 Å². The van der Waals surface area contributed by atoms with Crippen molar-refractivity contribution in [1.82, 2.24) is 4.90 Å². The molecule has 4 rings (SSSR count). The molecule has 1 fully saturated rings. The van der Waals surface area contributed by atoms with Crippen LogP contribution in [0.1, 0.15) is 34.2 Å². The smallest absolute Gasteiger partial charge is 0.258 e. The molecule has 3 nitrogen and oxygen atoms in total. The summed E-state index contributed by atoms with van der Waals surface area (Å²) in [4.78, 5) is 16.0. The van der Waals surface area contributed by atoms with Crippen LogP contribution in [0.4, 0.5) is 5.69 Å². The number of fused-ring (bicyclic) bond motifs is 1. The lowest BCUT2D eigenvalue weighted by atomic mass is 10.1. The van der Waals surface area contributed by atoms with E-state index in [0.717, 1.165) is 28.6 Å². The standard InChI is InChI=1S/C15H13BrN2OS/c16-9-7-13(20-8-9)14-17-12-4-2-1-3-11(12)15(19)18(14)10-5-6-10/h1-4,7-8,10,14,17H,5-6H2. The van der Waals surface area contributed by atoms with Crippen molar-refractivity contribution in [2.45, 2.75) is 25.0 Å². The Morgan fingerprint density at radius 1 is 1.30 bits per heavy atom. The molecule has 20 heavy (non-hydrogen) atoms. The van der Waals surface area contributed by atoms with E-state index in [-0.39, 0.29) is 12.1 Å². The van der Waals surface area contributed by atoms with Crippen molar-refractivity contribution in [2.75, 3.05) is 5.32 Å². The van der Waals surface area contributed by atoms with Gasteiger partial charge in [0.25, 0.3) is 5.91 Å². The highest BCUT2D eigenvalue weighted by atomic mass is 79.9. The van der Waals surface area contributed by atoms with Crippen LogP contribution in [-0.4, -0.2) is 16.8 Å². The fourth-order valence-corrected chi connectivity index (χ4v) is 4.17. The third kappa shape index (κ3) is 1.96. The van der Waals surface area contributed by atoms with E-state index < -0.39 is 0 Å². The first kappa shape index (κ1) is 12.4. The Bertz CT molecular complexity index is 680. The number of rotatable bonds is 2. The molecule has 2 aliphatic rings. The quantitative estimate of drug-likeness (QED) is 0.880. The maximum absolute atomic E-state index is 12.8. The second-order valence-electron chi connectivity index (χ2n) is 5.20. The minimum atomic E-state index is -0.0406. The fourth-order valence-electron chi connectivity index (χ4n) is 2.68. The highest BCUT2D eigenvalue weighted by molar-refractivity contribution is 9.10. The van der Waals surface area contributed by atoms with Crippen molar-refractivity contribution in [3.63, 3.8) is 0 Å². The number of thiophene rings is 1. The largest absolute Gasteiger partial charge is 0.360 e. The molecule has 1 atom stereocenters. The number of halogens is 1. The Morgan fingerprint density at radius 2 is 2.10 bits per heavy atom. The number of carbonyl (C=O) groups excluding carboxylic acids is 1. The van der Waals surface area contributed by atoms with Crippen molar-refractivity contribution in [1.29, 1.82) is 0 Å². The van der Waals surface area contributed by atoms with E-state index in [9.17, 15) is 4.79 Å². The Morgan fingerprint density at radius 3 is 2.80 bits per heavy atom. The van der Waals surface area contributed by atoms with Gasteiger partial charge in [0.1, 0.15) is 6.17 Å². The number of hydrogen-bond donors (Lipinski definition) is 1. The Hall–Kier alpha value is -1.33. The molecule has 1 aliphatic carbocycles. The van der Waals surface area contributed by atoms with Crippen LogP contribution in [0.2, 0.25) is 0 Å². The van der Waals surface area contributed by atoms with Gasteiger partial charge in [-0.3, -0.25) is 4.79 Å². The topological polar surface area (TPSA) is 32.3 Å². The maximum Gasteiger partial charge on any atom is 0.258 e. The molecule has 1 aromatic carbocycles. The van der Waals surface area contributed by atoms with Gasteiger partial charge in [0.05, 0.1) is 5.56 Å². The van der Waals surface area contributed by atoms with Gasteiger partial charge in [0.15, 0.2) is 0 Å². The molecule has 102 valence electrons. The van der Waals surface area contributed by atoms with Crippen LogP contribution in [0.5, 0.6) is 0 Å². The van der Waals surface area contributed by atoms with E-state index >= 15 is 0 Å². The molecule has 2 aromatic rings. The fraction of sp³-hybridized carbons (Fsp3) is 0.267. The number of nitrogens with one attached hydrogen (secondary N) is 1. The van der Waals surface area contributed by atoms with E-state index in [1.54, 1.807) is 11.3 Å². The SMILES string of the molecule is O=C1c2ccccc2NC(c2cc(Br)cs2)N1C1CC1. The number of hydrogen-bond acceptors (Lipinski definition) is 3. The molecular formula is C15H13BrN2OS. The van der Waals surface area contributed by atoms with Crippen LogP contribution in [0.15, 0.2) is 40.2 Å². The normalized spacial score (nSPS) is 21.6. The third-order valence-electron chi connectivity index (χ3n) is 3.76. The zero-order valence-corrected chi connectivity index (χ0v) is 13.1. The van der Waals surface area contributed by atoms with E-state index in [4.69, 9.17) is 0 Å². The average molecular weight is 349 g/mol. The van der Waals surface area contributed by atoms with Crippen LogP contribution in [0.25, 0.3) is 0 Å². The predicted octanol–water partition coefficient (Wildman–Crippen LogP) is 4.24. The zero-order valence-electron chi connectivity index (χ0n) is 10.7. The minimum Gasteiger partial charge on any atom is -0.360 e. The Labute approximate surface area is 129 Å². The molecule has 1 N–H and O–H groups in total. The second kappa shape index (κ2) is 4.60. The van der Waals surface area contributed by atoms with Crippen LogP contribution in [0, 0.1) is 0 Å². The van der Waals surface area contributed by atoms with Gasteiger partial charge in [0.2, 0.25) is 0 Å². The van der Waals surface area contributed by atoms with Crippen molar-refractivity contribution >= 4 is 38.9 Å². The van der Waals surface area contributed by atoms with Crippen molar-refractivity contribution in [3.05, 3.63) is 50.6 Å². The summed E-state index contributed by atoms with van der Waals surface area (Å²) >= 11 is 5.18. The van der Waals surface area contributed by atoms with Crippen molar-refractivity contribution in [3.8, 4) is 0 Å². The summed E-state index contributed by atoms with van der Waals surface area (Å²) in [5.41, 5.74) is 1.72. The summed E-state index contributed by atoms with van der Waals surface area (Å²) in [5, 5.41) is 5.59. The Balaban J connectivity index is 1.80. The zero-order chi connectivity index (χ0) is 13.7. The van der Waals surface area contributed by atoms with Gasteiger partial charge in [0, 0.05) is 26.5 Å². The van der Waals surface area contributed by atoms with Crippen molar-refractivity contribution in [2.24, 2.45) is 0 Å². The molecule has 1 aromatic heterocycles. The molecule has 1 saturated carbocycles. The lowest BCUT2D eigenvalue weighted by Gasteiger charge is -2.37. The lowest BCUT2D eigenvalue weighted by Crippen LogP contribution is -2.43. The summed E-state index contributed by atoms with van der Waals surface area (Å²) in [5.74, 6) is 0.149. The molecule has 0 saturated heterocycles. The van der Waals surface area contributed by atoms with Gasteiger partial charge in [-0.2, -0.15) is 0 Å². The van der Waals surface area contributed by atoms with E-state index in [2.05, 4.69) is 32.7 Å². The first-order valence-electron chi connectivity index (χ1n) is 6.66. The van der Waals surface area contributed by atoms with Crippen molar-refractivity contribution < 1.29 is 4.79 Å². The summed E-state index contributed by atoms with van der Waals surface area (Å²) in [6.07, 6.45) is 2.18. The van der Waals surface area contributed by atoms with Crippen LogP contribution in [-0.2, 0) is 0 Å². The number of anilines is 1. The Kier molecular flexibility index (Phi) is 2.86. The first-order chi connectivity index (χ1) is 9.74. The lowest BCUT2D eigenvalue weighted by molar-refractivity contribution is 0.0669. The van der Waals surface area contributed by atoms with Gasteiger partial charge >= 0.3 is 0 Å². The molecule has 0 radical (unpaired) electrons. The van der Waals surface area contributed by atoms with Gasteiger partial charge in [-0.25, -0.2) is 0 Å². The molecular weight excluding hydrogens is 336 g/mol. The molecule has 0 bridgehead atoms. The second-order valence-corrected chi connectivity index (χ2v) is 7.06.